The molecule has 1 saturated heterocycles. The lowest BCUT2D eigenvalue weighted by Gasteiger charge is -2.41. The van der Waals surface area contributed by atoms with Crippen LogP contribution in [0, 0.1) is 11.3 Å². The molecule has 41 heavy (non-hydrogen) atoms. The smallest absolute Gasteiger partial charge is 0.184 e. The van der Waals surface area contributed by atoms with E-state index in [1.165, 1.54) is 0 Å². The topological polar surface area (TPSA) is 119 Å². The number of halogens is 1. The number of nitriles is 1. The van der Waals surface area contributed by atoms with Gasteiger partial charge in [0.1, 0.15) is 0 Å². The van der Waals surface area contributed by atoms with Crippen molar-refractivity contribution in [3.63, 3.8) is 0 Å². The van der Waals surface area contributed by atoms with Crippen molar-refractivity contribution < 1.29 is 5.11 Å². The second kappa shape index (κ2) is 11.4. The molecule has 2 aromatic carbocycles. The number of aliphatic hydroxyl groups is 1. The summed E-state index contributed by atoms with van der Waals surface area (Å²) >= 11 is 6.57. The van der Waals surface area contributed by atoms with Crippen LogP contribution in [0.25, 0.3) is 11.6 Å². The fraction of sp³-hybridized carbons (Fsp3) is 0.258. The number of hydrogen-bond acceptors (Lipinski definition) is 8. The van der Waals surface area contributed by atoms with Crippen molar-refractivity contribution in [2.24, 2.45) is 12.8 Å². The molecule has 208 valence electrons. The van der Waals surface area contributed by atoms with Gasteiger partial charge in [-0.15, -0.1) is 0 Å². The van der Waals surface area contributed by atoms with Gasteiger partial charge >= 0.3 is 0 Å². The Bertz CT molecular complexity index is 1620. The molecule has 0 amide bonds. The lowest BCUT2D eigenvalue weighted by Crippen LogP contribution is -2.53. The highest BCUT2D eigenvalue weighted by atomic mass is 35.5. The van der Waals surface area contributed by atoms with E-state index in [1.54, 1.807) is 36.8 Å². The van der Waals surface area contributed by atoms with Gasteiger partial charge in [-0.25, -0.2) is 4.98 Å². The number of nitrogens with zero attached hydrogens (tertiary/aromatic N) is 6. The summed E-state index contributed by atoms with van der Waals surface area (Å²) in [4.78, 5) is 13.6. The molecule has 0 spiro atoms. The van der Waals surface area contributed by atoms with Crippen molar-refractivity contribution in [2.45, 2.75) is 18.4 Å². The number of pyridine rings is 1. The van der Waals surface area contributed by atoms with Gasteiger partial charge in [0.15, 0.2) is 6.35 Å². The van der Waals surface area contributed by atoms with Crippen LogP contribution in [0.5, 0.6) is 0 Å². The summed E-state index contributed by atoms with van der Waals surface area (Å²) < 4.78 is 1.94. The number of anilines is 1. The summed E-state index contributed by atoms with van der Waals surface area (Å²) in [5.74, 6) is 0. The molecular weight excluding hydrogens is 536 g/mol. The summed E-state index contributed by atoms with van der Waals surface area (Å²) in [5, 5.41) is 23.7. The fourth-order valence-corrected chi connectivity index (χ4v) is 5.94. The summed E-state index contributed by atoms with van der Waals surface area (Å²) in [6, 6.07) is 18.7. The van der Waals surface area contributed by atoms with Crippen LogP contribution in [0.1, 0.15) is 45.7 Å². The van der Waals surface area contributed by atoms with Gasteiger partial charge in [-0.05, 0) is 70.8 Å². The van der Waals surface area contributed by atoms with E-state index in [0.29, 0.717) is 23.7 Å². The predicted molar refractivity (Wildman–Crippen MR) is 159 cm³/mol. The molecular formula is C31H31ClN8O. The van der Waals surface area contributed by atoms with Gasteiger partial charge in [-0.3, -0.25) is 14.8 Å². The lowest BCUT2D eigenvalue weighted by atomic mass is 9.90. The molecule has 9 nitrogen and oxygen atoms in total. The zero-order valence-corrected chi connectivity index (χ0v) is 23.4. The van der Waals surface area contributed by atoms with Gasteiger partial charge in [-0.1, -0.05) is 23.7 Å². The molecule has 0 saturated carbocycles. The number of aryl methyl sites for hydroxylation is 1. The van der Waals surface area contributed by atoms with Crippen LogP contribution in [0.15, 0.2) is 73.3 Å². The van der Waals surface area contributed by atoms with E-state index in [4.69, 9.17) is 27.6 Å². The third kappa shape index (κ3) is 5.36. The minimum atomic E-state index is -0.846. The molecule has 2 aliphatic rings. The zero-order valence-electron chi connectivity index (χ0n) is 22.7. The van der Waals surface area contributed by atoms with Crippen molar-refractivity contribution in [1.82, 2.24) is 24.3 Å². The Labute approximate surface area is 244 Å². The first-order chi connectivity index (χ1) is 19.9. The number of imidazole rings is 1. The summed E-state index contributed by atoms with van der Waals surface area (Å²) in [6.07, 6.45) is 6.69. The molecule has 6 rings (SSSR count). The van der Waals surface area contributed by atoms with E-state index in [1.807, 2.05) is 40.9 Å². The highest BCUT2D eigenvalue weighted by Gasteiger charge is 2.35. The largest absolute Gasteiger partial charge is 0.361 e. The second-order valence-corrected chi connectivity index (χ2v) is 10.8. The van der Waals surface area contributed by atoms with E-state index in [0.717, 1.165) is 52.4 Å². The Balaban J connectivity index is 1.29. The van der Waals surface area contributed by atoms with Crippen LogP contribution in [0.2, 0.25) is 5.02 Å². The number of aromatic nitrogens is 3. The second-order valence-electron chi connectivity index (χ2n) is 10.4. The molecule has 10 heteroatoms. The van der Waals surface area contributed by atoms with Crippen LogP contribution in [-0.2, 0) is 7.05 Å². The van der Waals surface area contributed by atoms with Crippen molar-refractivity contribution >= 4 is 28.9 Å². The van der Waals surface area contributed by atoms with Gasteiger partial charge < -0.3 is 20.7 Å². The highest BCUT2D eigenvalue weighted by molar-refractivity contribution is 6.30. The Morgan fingerprint density at radius 1 is 1.12 bits per heavy atom. The minimum Gasteiger partial charge on any atom is -0.361 e. The Morgan fingerprint density at radius 3 is 2.61 bits per heavy atom. The normalized spacial score (nSPS) is 18.8. The van der Waals surface area contributed by atoms with E-state index >= 15 is 0 Å². The Kier molecular flexibility index (Phi) is 7.58. The summed E-state index contributed by atoms with van der Waals surface area (Å²) in [7, 11) is 1.95. The minimum absolute atomic E-state index is 0.114. The maximum atomic E-state index is 10.9. The third-order valence-corrected chi connectivity index (χ3v) is 8.17. The van der Waals surface area contributed by atoms with Crippen molar-refractivity contribution in [2.75, 3.05) is 31.5 Å². The SMILES string of the molecule is Cn1cncc1C(N)C1=Cc2cccnc2[C@@H](N2CCN(C(O)Nc3ccc(C#N)cc3)CC2)c2ccc(Cl)cc21. The molecule has 3 atom stereocenters. The molecule has 1 aliphatic heterocycles. The van der Waals surface area contributed by atoms with E-state index in [-0.39, 0.29) is 6.04 Å². The first-order valence-corrected chi connectivity index (χ1v) is 13.9. The van der Waals surface area contributed by atoms with Crippen molar-refractivity contribution in [3.8, 4) is 6.07 Å². The molecule has 1 aliphatic carbocycles. The molecule has 2 aromatic heterocycles. The molecule has 3 heterocycles. The molecule has 4 N–H and O–H groups in total. The van der Waals surface area contributed by atoms with Crippen LogP contribution in [-0.4, -0.2) is 62.0 Å². The monoisotopic (exact) mass is 566 g/mol. The summed E-state index contributed by atoms with van der Waals surface area (Å²) in [6.45, 7) is 2.75. The van der Waals surface area contributed by atoms with Gasteiger partial charge in [-0.2, -0.15) is 5.26 Å². The van der Waals surface area contributed by atoms with Crippen LogP contribution in [0.3, 0.4) is 0 Å². The average Bonchev–Trinajstić information content (AvgIpc) is 3.37. The van der Waals surface area contributed by atoms with Gasteiger partial charge in [0.05, 0.1) is 47.6 Å². The standard InChI is InChI=1S/C31H31ClN8O/c1-38-19-35-18-27(38)28(34)26-15-21-3-2-10-36-29(21)30(24-9-6-22(32)16-25(24)26)39-11-13-40(14-12-39)31(41)37-23-7-4-20(17-33)5-8-23/h2-10,15-16,18-19,28,30-31,37,41H,11-14,34H2,1H3/t28?,30-,31?/m0/s1. The number of rotatable bonds is 6. The number of hydrogen-bond donors (Lipinski definition) is 3. The quantitative estimate of drug-likeness (QED) is 0.300. The zero-order chi connectivity index (χ0) is 28.5. The average molecular weight is 567 g/mol. The molecule has 1 fully saturated rings. The van der Waals surface area contributed by atoms with Gasteiger partial charge in [0.25, 0.3) is 0 Å². The maximum Gasteiger partial charge on any atom is 0.184 e. The maximum absolute atomic E-state index is 10.9. The van der Waals surface area contributed by atoms with Crippen LogP contribution in [0.4, 0.5) is 5.69 Å². The number of fused-ring (bicyclic) bond motifs is 2. The molecule has 4 aromatic rings. The number of piperazine rings is 1. The van der Waals surface area contributed by atoms with E-state index in [2.05, 4.69) is 39.5 Å². The molecule has 2 unspecified atom stereocenters. The van der Waals surface area contributed by atoms with Gasteiger partial charge in [0.2, 0.25) is 0 Å². The first kappa shape index (κ1) is 27.1. The van der Waals surface area contributed by atoms with Crippen LogP contribution < -0.4 is 11.1 Å². The number of nitrogens with one attached hydrogen (secondary N) is 1. The third-order valence-electron chi connectivity index (χ3n) is 7.94. The van der Waals surface area contributed by atoms with E-state index in [9.17, 15) is 5.11 Å². The molecule has 0 bridgehead atoms. The van der Waals surface area contributed by atoms with Gasteiger partial charge in [0, 0.05) is 50.1 Å². The van der Waals surface area contributed by atoms with Crippen LogP contribution >= 0.6 is 11.6 Å². The fourth-order valence-electron chi connectivity index (χ4n) is 5.76. The number of aliphatic hydroxyl groups excluding tert-OH is 1. The highest BCUT2D eigenvalue weighted by Crippen LogP contribution is 2.43. The molecule has 0 radical (unpaired) electrons. The van der Waals surface area contributed by atoms with Crippen molar-refractivity contribution in [1.29, 1.82) is 5.26 Å². The Morgan fingerprint density at radius 2 is 1.90 bits per heavy atom. The predicted octanol–water partition coefficient (Wildman–Crippen LogP) is 3.99. The Hall–Kier alpha value is -4.04. The van der Waals surface area contributed by atoms with Crippen molar-refractivity contribution in [3.05, 3.63) is 112 Å². The number of nitrogens with two attached hydrogens (primary N) is 1. The first-order valence-electron chi connectivity index (χ1n) is 13.5. The van der Waals surface area contributed by atoms with E-state index < -0.39 is 12.4 Å². The lowest BCUT2D eigenvalue weighted by molar-refractivity contribution is -0.0128. The summed E-state index contributed by atoms with van der Waals surface area (Å²) in [5.41, 5.74) is 14.2. The number of benzene rings is 2.